The van der Waals surface area contributed by atoms with Gasteiger partial charge in [-0.3, -0.25) is 9.59 Å². The highest BCUT2D eigenvalue weighted by Gasteiger charge is 2.47. The summed E-state index contributed by atoms with van der Waals surface area (Å²) >= 11 is 0. The molecule has 0 aliphatic carbocycles. The number of hydrogen-bond donors (Lipinski definition) is 1. The van der Waals surface area contributed by atoms with Crippen molar-refractivity contribution >= 4 is 41.1 Å². The molecular formula is C35H39NO6P+. The van der Waals surface area contributed by atoms with E-state index in [9.17, 15) is 14.4 Å². The summed E-state index contributed by atoms with van der Waals surface area (Å²) in [5.74, 6) is -1.41. The number of benzene rings is 3. The van der Waals surface area contributed by atoms with Crippen molar-refractivity contribution in [1.82, 2.24) is 4.98 Å². The Hall–Kier alpha value is -4.22. The summed E-state index contributed by atoms with van der Waals surface area (Å²) in [7, 11) is 0.264. The van der Waals surface area contributed by atoms with E-state index in [1.807, 2.05) is 54.6 Å². The van der Waals surface area contributed by atoms with Crippen LogP contribution < -0.4 is 15.9 Å². The maximum Gasteiger partial charge on any atom is 0.355 e. The monoisotopic (exact) mass is 600 g/mol. The Morgan fingerprint density at radius 3 is 1.58 bits per heavy atom. The maximum atomic E-state index is 13.6. The smallest absolute Gasteiger partial charge is 0.355 e. The van der Waals surface area contributed by atoms with Gasteiger partial charge in [-0.2, -0.15) is 0 Å². The first-order chi connectivity index (χ1) is 20.6. The Morgan fingerprint density at radius 2 is 1.16 bits per heavy atom. The highest BCUT2D eigenvalue weighted by atomic mass is 31.2. The van der Waals surface area contributed by atoms with E-state index in [0.717, 1.165) is 21.6 Å². The third-order valence-electron chi connectivity index (χ3n) is 7.25. The van der Waals surface area contributed by atoms with Crippen molar-refractivity contribution in [1.29, 1.82) is 0 Å². The van der Waals surface area contributed by atoms with Crippen molar-refractivity contribution in [3.05, 3.63) is 114 Å². The average molecular weight is 601 g/mol. The number of methoxy groups -OCH3 is 2. The fourth-order valence-electron chi connectivity index (χ4n) is 5.31. The van der Waals surface area contributed by atoms with Gasteiger partial charge in [-0.15, -0.1) is 0 Å². The van der Waals surface area contributed by atoms with Crippen molar-refractivity contribution in [2.75, 3.05) is 14.2 Å². The minimum Gasteiger partial charge on any atom is -0.469 e. The molecule has 1 N–H and O–H groups in total. The number of rotatable bonds is 11. The van der Waals surface area contributed by atoms with Gasteiger partial charge in [0.2, 0.25) is 0 Å². The molecule has 0 spiro atoms. The molecule has 0 saturated carbocycles. The Kier molecular flexibility index (Phi) is 10.2. The Bertz CT molecular complexity index is 1450. The summed E-state index contributed by atoms with van der Waals surface area (Å²) in [4.78, 5) is 42.1. The predicted octanol–water partition coefficient (Wildman–Crippen LogP) is 5.29. The highest BCUT2D eigenvalue weighted by molar-refractivity contribution is 7.95. The first-order valence-corrected chi connectivity index (χ1v) is 16.2. The van der Waals surface area contributed by atoms with Crippen LogP contribution in [0.1, 0.15) is 54.5 Å². The number of carbonyl (C=O) groups excluding carboxylic acids is 3. The number of H-pyrrole nitrogens is 1. The highest BCUT2D eigenvalue weighted by Crippen LogP contribution is 2.58. The third kappa shape index (κ3) is 7.41. The molecule has 1 aromatic heterocycles. The van der Waals surface area contributed by atoms with Gasteiger partial charge in [0.1, 0.15) is 40.6 Å². The molecule has 43 heavy (non-hydrogen) atoms. The van der Waals surface area contributed by atoms with Crippen LogP contribution in [0.4, 0.5) is 0 Å². The van der Waals surface area contributed by atoms with E-state index in [-0.39, 0.29) is 25.0 Å². The van der Waals surface area contributed by atoms with Crippen LogP contribution in [0.5, 0.6) is 0 Å². The van der Waals surface area contributed by atoms with Crippen LogP contribution in [-0.4, -0.2) is 42.7 Å². The van der Waals surface area contributed by atoms with Crippen LogP contribution in [-0.2, 0) is 42.8 Å². The quantitative estimate of drug-likeness (QED) is 0.143. The molecule has 0 aliphatic rings. The summed E-state index contributed by atoms with van der Waals surface area (Å²) in [6, 6.07) is 31.1. The molecule has 1 heterocycles. The molecule has 0 fully saturated rings. The zero-order valence-electron chi connectivity index (χ0n) is 25.4. The van der Waals surface area contributed by atoms with Crippen LogP contribution >= 0.6 is 7.26 Å². The lowest BCUT2D eigenvalue weighted by Gasteiger charge is -2.28. The SMILES string of the molecule is COC(=O)CCc1c(C(=O)OC(C)(C)C)[nH]c(C[P+](c2ccccc2)(c2ccccc2)c2ccccc2)c1CC(=O)OC. The van der Waals surface area contributed by atoms with Crippen molar-refractivity contribution < 1.29 is 28.6 Å². The van der Waals surface area contributed by atoms with Gasteiger partial charge in [-0.1, -0.05) is 54.6 Å². The minimum absolute atomic E-state index is 0.0358. The normalized spacial score (nSPS) is 11.6. The molecule has 7 nitrogen and oxygen atoms in total. The van der Waals surface area contributed by atoms with E-state index in [0.29, 0.717) is 17.3 Å². The van der Waals surface area contributed by atoms with E-state index in [1.165, 1.54) is 14.2 Å². The number of hydrogen-bond acceptors (Lipinski definition) is 6. The molecular weight excluding hydrogens is 561 g/mol. The Morgan fingerprint density at radius 1 is 0.698 bits per heavy atom. The largest absolute Gasteiger partial charge is 0.469 e. The fourth-order valence-corrected chi connectivity index (χ4v) is 9.54. The van der Waals surface area contributed by atoms with E-state index in [1.54, 1.807) is 20.8 Å². The lowest BCUT2D eigenvalue weighted by Crippen LogP contribution is -2.32. The molecule has 0 amide bonds. The lowest BCUT2D eigenvalue weighted by molar-refractivity contribution is -0.141. The second kappa shape index (κ2) is 13.8. The van der Waals surface area contributed by atoms with Crippen LogP contribution in [0, 0.1) is 0 Å². The Labute approximate surface area is 253 Å². The number of nitrogens with one attached hydrogen (secondary N) is 1. The van der Waals surface area contributed by atoms with E-state index in [2.05, 4.69) is 41.4 Å². The van der Waals surface area contributed by atoms with Crippen LogP contribution in [0.2, 0.25) is 0 Å². The molecule has 0 unspecified atom stereocenters. The Balaban J connectivity index is 2.02. The zero-order chi connectivity index (χ0) is 31.0. The molecule has 0 radical (unpaired) electrons. The van der Waals surface area contributed by atoms with E-state index >= 15 is 0 Å². The van der Waals surface area contributed by atoms with Crippen molar-refractivity contribution in [3.8, 4) is 0 Å². The topological polar surface area (TPSA) is 94.7 Å². The first-order valence-electron chi connectivity index (χ1n) is 14.2. The maximum absolute atomic E-state index is 13.6. The standard InChI is InChI=1S/C35H38NO6P/c1-35(2,3)42-34(39)33-28(21-22-31(37)40-4)29(23-32(38)41-5)30(36-33)24-43(25-15-9-6-10-16-25,26-17-11-7-12-18-26)27-19-13-8-14-20-27/h6-20H,21-24H2,1-5H3/p+1. The van der Waals surface area contributed by atoms with Crippen LogP contribution in [0.25, 0.3) is 0 Å². The number of aromatic amines is 1. The molecule has 0 saturated heterocycles. The molecule has 0 bridgehead atoms. The van der Waals surface area contributed by atoms with E-state index < -0.39 is 30.8 Å². The van der Waals surface area contributed by atoms with Crippen LogP contribution in [0.3, 0.4) is 0 Å². The molecule has 8 heteroatoms. The molecule has 0 aliphatic heterocycles. The molecule has 4 rings (SSSR count). The van der Waals surface area contributed by atoms with Gasteiger partial charge in [0, 0.05) is 6.42 Å². The van der Waals surface area contributed by atoms with Gasteiger partial charge in [0.05, 0.1) is 26.3 Å². The summed E-state index contributed by atoms with van der Waals surface area (Å²) in [6.45, 7) is 5.40. The molecule has 0 atom stereocenters. The number of carbonyl (C=O) groups is 3. The lowest BCUT2D eigenvalue weighted by atomic mass is 10.0. The summed E-state index contributed by atoms with van der Waals surface area (Å²) < 4.78 is 15.8. The number of aromatic nitrogens is 1. The minimum atomic E-state index is -2.40. The molecule has 4 aromatic rings. The summed E-state index contributed by atoms with van der Waals surface area (Å²) in [6.07, 6.45) is 0.650. The molecule has 224 valence electrons. The van der Waals surface area contributed by atoms with Gasteiger partial charge in [-0.25, -0.2) is 4.79 Å². The summed E-state index contributed by atoms with van der Waals surface area (Å²) in [5.41, 5.74) is 1.42. The predicted molar refractivity (Wildman–Crippen MR) is 171 cm³/mol. The van der Waals surface area contributed by atoms with E-state index in [4.69, 9.17) is 14.2 Å². The van der Waals surface area contributed by atoms with Crippen LogP contribution in [0.15, 0.2) is 91.0 Å². The molecule has 3 aromatic carbocycles. The van der Waals surface area contributed by atoms with Crippen molar-refractivity contribution in [3.63, 3.8) is 0 Å². The van der Waals surface area contributed by atoms with Crippen molar-refractivity contribution in [2.24, 2.45) is 0 Å². The second-order valence-corrected chi connectivity index (χ2v) is 14.7. The number of ether oxygens (including phenoxy) is 3. The first kappa shape index (κ1) is 31.7. The fraction of sp³-hybridized carbons (Fsp3) is 0.286. The number of esters is 3. The zero-order valence-corrected chi connectivity index (χ0v) is 26.3. The average Bonchev–Trinajstić information content (AvgIpc) is 3.35. The van der Waals surface area contributed by atoms with Gasteiger partial charge in [0.15, 0.2) is 0 Å². The van der Waals surface area contributed by atoms with Gasteiger partial charge >= 0.3 is 17.9 Å². The summed E-state index contributed by atoms with van der Waals surface area (Å²) in [5, 5.41) is 3.46. The van der Waals surface area contributed by atoms with Gasteiger partial charge in [0.25, 0.3) is 0 Å². The third-order valence-corrected chi connectivity index (χ3v) is 11.6. The van der Waals surface area contributed by atoms with Gasteiger partial charge < -0.3 is 19.2 Å². The van der Waals surface area contributed by atoms with Gasteiger partial charge in [-0.05, 0) is 74.7 Å². The second-order valence-electron chi connectivity index (χ2n) is 11.2. The van der Waals surface area contributed by atoms with Crippen molar-refractivity contribution in [2.45, 2.75) is 51.8 Å².